The van der Waals surface area contributed by atoms with Crippen LogP contribution in [0.15, 0.2) is 48.5 Å². The van der Waals surface area contributed by atoms with Crippen LogP contribution in [0.1, 0.15) is 34.6 Å². The van der Waals surface area contributed by atoms with Crippen molar-refractivity contribution in [2.75, 3.05) is 0 Å². The summed E-state index contributed by atoms with van der Waals surface area (Å²) in [5.74, 6) is -0.667. The van der Waals surface area contributed by atoms with E-state index in [-0.39, 0.29) is 5.78 Å². The highest BCUT2D eigenvalue weighted by Gasteiger charge is 2.19. The largest absolute Gasteiger partial charge is 0.298 e. The Morgan fingerprint density at radius 3 is 2.38 bits per heavy atom. The third kappa shape index (κ3) is 4.03. The summed E-state index contributed by atoms with van der Waals surface area (Å²) in [6.07, 6.45) is 1.08. The second-order valence-electron chi connectivity index (χ2n) is 5.43. The molecule has 2 nitrogen and oxygen atoms in total. The maximum atomic E-state index is 12.3. The van der Waals surface area contributed by atoms with Crippen LogP contribution >= 0.6 is 0 Å². The van der Waals surface area contributed by atoms with Gasteiger partial charge in [0, 0.05) is 6.42 Å². The van der Waals surface area contributed by atoms with E-state index >= 15 is 0 Å². The molecular formula is C19H19NO. The molecule has 0 N–H and O–H groups in total. The fourth-order valence-corrected chi connectivity index (χ4v) is 2.46. The Balaban J connectivity index is 2.06. The molecule has 0 saturated carbocycles. The first-order valence-electron chi connectivity index (χ1n) is 7.14. The van der Waals surface area contributed by atoms with E-state index in [2.05, 4.69) is 12.1 Å². The van der Waals surface area contributed by atoms with E-state index in [0.29, 0.717) is 12.8 Å². The quantitative estimate of drug-likeness (QED) is 0.825. The molecule has 0 amide bonds. The van der Waals surface area contributed by atoms with Crippen LogP contribution < -0.4 is 0 Å². The minimum Gasteiger partial charge on any atom is -0.298 e. The fourth-order valence-electron chi connectivity index (χ4n) is 2.46. The number of aryl methyl sites for hydroxylation is 3. The van der Waals surface area contributed by atoms with Crippen molar-refractivity contribution < 1.29 is 4.79 Å². The molecular weight excluding hydrogens is 258 g/mol. The minimum atomic E-state index is -0.658. The molecule has 0 radical (unpaired) electrons. The zero-order valence-corrected chi connectivity index (χ0v) is 12.5. The van der Waals surface area contributed by atoms with E-state index in [1.807, 2.05) is 56.3 Å². The predicted molar refractivity (Wildman–Crippen MR) is 84.0 cm³/mol. The number of Topliss-reactive ketones (excluding diaryl/α,β-unsaturated/α-hetero) is 1. The summed E-state index contributed by atoms with van der Waals surface area (Å²) in [4.78, 5) is 12.3. The molecule has 0 saturated heterocycles. The van der Waals surface area contributed by atoms with Crippen molar-refractivity contribution >= 4 is 5.78 Å². The Morgan fingerprint density at radius 2 is 1.76 bits per heavy atom. The van der Waals surface area contributed by atoms with E-state index in [0.717, 1.165) is 16.7 Å². The van der Waals surface area contributed by atoms with Crippen LogP contribution in [0.3, 0.4) is 0 Å². The van der Waals surface area contributed by atoms with Crippen molar-refractivity contribution in [3.05, 3.63) is 70.8 Å². The summed E-state index contributed by atoms with van der Waals surface area (Å²) in [6.45, 7) is 4.01. The molecule has 0 aliphatic heterocycles. The van der Waals surface area contributed by atoms with Crippen LogP contribution in [0.5, 0.6) is 0 Å². The lowest BCUT2D eigenvalue weighted by Crippen LogP contribution is -2.12. The number of hydrogen-bond acceptors (Lipinski definition) is 2. The van der Waals surface area contributed by atoms with Crippen molar-refractivity contribution in [1.29, 1.82) is 5.26 Å². The molecule has 0 fully saturated rings. The number of rotatable bonds is 5. The third-order valence-corrected chi connectivity index (χ3v) is 3.57. The van der Waals surface area contributed by atoms with Crippen molar-refractivity contribution in [1.82, 2.24) is 0 Å². The van der Waals surface area contributed by atoms with Gasteiger partial charge in [0.1, 0.15) is 5.92 Å². The van der Waals surface area contributed by atoms with Gasteiger partial charge in [-0.25, -0.2) is 0 Å². The van der Waals surface area contributed by atoms with Crippen LogP contribution in [-0.4, -0.2) is 5.78 Å². The number of carbonyl (C=O) groups is 1. The summed E-state index contributed by atoms with van der Waals surface area (Å²) >= 11 is 0. The van der Waals surface area contributed by atoms with E-state index in [9.17, 15) is 10.1 Å². The molecule has 0 aliphatic rings. The fraction of sp³-hybridized carbons (Fsp3) is 0.263. The molecule has 0 bridgehead atoms. The van der Waals surface area contributed by atoms with Gasteiger partial charge < -0.3 is 0 Å². The van der Waals surface area contributed by atoms with Crippen molar-refractivity contribution in [3.8, 4) is 6.07 Å². The van der Waals surface area contributed by atoms with Crippen LogP contribution in [0.25, 0.3) is 0 Å². The smallest absolute Gasteiger partial charge is 0.154 e. The zero-order valence-electron chi connectivity index (χ0n) is 12.5. The minimum absolute atomic E-state index is 0.00962. The number of carbonyl (C=O) groups excluding carboxylic acids is 1. The van der Waals surface area contributed by atoms with Gasteiger partial charge >= 0.3 is 0 Å². The molecule has 2 aromatic carbocycles. The molecule has 2 aromatic rings. The summed E-state index contributed by atoms with van der Waals surface area (Å²) in [5.41, 5.74) is 4.20. The van der Waals surface area contributed by atoms with Gasteiger partial charge in [-0.2, -0.15) is 5.26 Å². The summed E-state index contributed by atoms with van der Waals surface area (Å²) in [5, 5.41) is 9.31. The molecule has 0 heterocycles. The highest BCUT2D eigenvalue weighted by Crippen LogP contribution is 2.20. The van der Waals surface area contributed by atoms with Gasteiger partial charge in [-0.3, -0.25) is 4.79 Å². The Morgan fingerprint density at radius 1 is 1.10 bits per heavy atom. The van der Waals surface area contributed by atoms with Gasteiger partial charge in [0.05, 0.1) is 6.07 Å². The highest BCUT2D eigenvalue weighted by atomic mass is 16.1. The lowest BCUT2D eigenvalue weighted by atomic mass is 9.91. The third-order valence-electron chi connectivity index (χ3n) is 3.57. The SMILES string of the molecule is Cc1cccc(CCC(=O)C(C#N)c2cccc(C)c2)c1. The molecule has 1 atom stereocenters. The van der Waals surface area contributed by atoms with Crippen molar-refractivity contribution in [2.45, 2.75) is 32.6 Å². The Kier molecular flexibility index (Phi) is 4.90. The normalized spacial score (nSPS) is 11.7. The first-order chi connectivity index (χ1) is 10.1. The van der Waals surface area contributed by atoms with Crippen molar-refractivity contribution in [2.24, 2.45) is 0 Å². The topological polar surface area (TPSA) is 40.9 Å². The van der Waals surface area contributed by atoms with Crippen LogP contribution in [-0.2, 0) is 11.2 Å². The summed E-state index contributed by atoms with van der Waals surface area (Å²) in [7, 11) is 0. The van der Waals surface area contributed by atoms with Crippen molar-refractivity contribution in [3.63, 3.8) is 0 Å². The van der Waals surface area contributed by atoms with Gasteiger partial charge in [0.2, 0.25) is 0 Å². The second kappa shape index (κ2) is 6.85. The molecule has 106 valence electrons. The van der Waals surface area contributed by atoms with Gasteiger partial charge in [-0.05, 0) is 31.4 Å². The Hall–Kier alpha value is -2.40. The molecule has 0 aliphatic carbocycles. The number of nitrogens with zero attached hydrogens (tertiary/aromatic N) is 1. The van der Waals surface area contributed by atoms with E-state index in [1.54, 1.807) is 0 Å². The molecule has 21 heavy (non-hydrogen) atoms. The monoisotopic (exact) mass is 277 g/mol. The number of hydrogen-bond donors (Lipinski definition) is 0. The standard InChI is InChI=1S/C19H19NO/c1-14-5-3-7-16(11-14)9-10-19(21)18(13-20)17-8-4-6-15(2)12-17/h3-8,11-12,18H,9-10H2,1-2H3. The number of benzene rings is 2. The van der Waals surface area contributed by atoms with E-state index in [1.165, 1.54) is 5.56 Å². The Bertz CT molecular complexity index is 682. The predicted octanol–water partition coefficient (Wildman–Crippen LogP) is 4.11. The maximum Gasteiger partial charge on any atom is 0.154 e. The molecule has 2 heteroatoms. The zero-order chi connectivity index (χ0) is 15.2. The van der Waals surface area contributed by atoms with E-state index in [4.69, 9.17) is 0 Å². The average molecular weight is 277 g/mol. The first kappa shape index (κ1) is 15.0. The van der Waals surface area contributed by atoms with Gasteiger partial charge in [-0.1, -0.05) is 59.7 Å². The molecule has 1 unspecified atom stereocenters. The van der Waals surface area contributed by atoms with Crippen LogP contribution in [0.2, 0.25) is 0 Å². The van der Waals surface area contributed by atoms with Gasteiger partial charge in [-0.15, -0.1) is 0 Å². The maximum absolute atomic E-state index is 12.3. The Labute approximate surface area is 126 Å². The number of nitriles is 1. The van der Waals surface area contributed by atoms with Crippen LogP contribution in [0.4, 0.5) is 0 Å². The van der Waals surface area contributed by atoms with Crippen LogP contribution in [0, 0.1) is 25.2 Å². The molecule has 0 spiro atoms. The first-order valence-corrected chi connectivity index (χ1v) is 7.14. The van der Waals surface area contributed by atoms with Gasteiger partial charge in [0.25, 0.3) is 0 Å². The highest BCUT2D eigenvalue weighted by molar-refractivity contribution is 5.88. The van der Waals surface area contributed by atoms with Gasteiger partial charge in [0.15, 0.2) is 5.78 Å². The lowest BCUT2D eigenvalue weighted by Gasteiger charge is -2.09. The number of ketones is 1. The molecule has 2 rings (SSSR count). The van der Waals surface area contributed by atoms with E-state index < -0.39 is 5.92 Å². The average Bonchev–Trinajstić information content (AvgIpc) is 2.46. The summed E-state index contributed by atoms with van der Waals surface area (Å²) < 4.78 is 0. The molecule has 0 aromatic heterocycles. The summed E-state index contributed by atoms with van der Waals surface area (Å²) in [6, 6.07) is 17.9. The second-order valence-corrected chi connectivity index (χ2v) is 5.43. The lowest BCUT2D eigenvalue weighted by molar-refractivity contribution is -0.119.